The van der Waals surface area contributed by atoms with Crippen LogP contribution < -0.4 is 15.4 Å². The SMILES string of the molecule is Cc1cnnc(C)c1[C@@H](N)Oc1ccc2[nH]nc(-c3cnc(N4CC5(CCS(=O)(=O)C5)C4)nc3)c2c1. The molecule has 12 heteroatoms. The zero-order valence-electron chi connectivity index (χ0n) is 20.0. The number of fused-ring (bicyclic) bond motifs is 1. The number of nitrogens with one attached hydrogen (secondary N) is 1. The highest BCUT2D eigenvalue weighted by Crippen LogP contribution is 2.42. The van der Waals surface area contributed by atoms with Gasteiger partial charge in [0.05, 0.1) is 28.9 Å². The molecule has 4 aromatic rings. The number of H-pyrrole nitrogens is 1. The molecule has 186 valence electrons. The molecule has 3 N–H and O–H groups in total. The molecule has 0 bridgehead atoms. The van der Waals surface area contributed by atoms with Gasteiger partial charge in [-0.3, -0.25) is 10.8 Å². The highest BCUT2D eigenvalue weighted by atomic mass is 32.2. The van der Waals surface area contributed by atoms with Crippen LogP contribution in [0.5, 0.6) is 5.75 Å². The number of hydrogen-bond acceptors (Lipinski definition) is 10. The lowest BCUT2D eigenvalue weighted by Crippen LogP contribution is -2.57. The van der Waals surface area contributed by atoms with E-state index in [1.54, 1.807) is 18.6 Å². The number of anilines is 1. The Morgan fingerprint density at radius 1 is 1.17 bits per heavy atom. The first-order valence-corrected chi connectivity index (χ1v) is 13.5. The number of aromatic nitrogens is 6. The molecular formula is C24H26N8O3S. The molecule has 1 aromatic carbocycles. The fourth-order valence-electron chi connectivity index (χ4n) is 5.28. The summed E-state index contributed by atoms with van der Waals surface area (Å²) in [5, 5.41) is 16.4. The maximum absolute atomic E-state index is 11.9. The van der Waals surface area contributed by atoms with E-state index in [1.165, 1.54) is 0 Å². The first kappa shape index (κ1) is 22.8. The van der Waals surface area contributed by atoms with E-state index in [-0.39, 0.29) is 16.9 Å². The minimum atomic E-state index is -2.91. The highest BCUT2D eigenvalue weighted by Gasteiger charge is 2.51. The summed E-state index contributed by atoms with van der Waals surface area (Å²) in [6.45, 7) is 5.12. The Morgan fingerprint density at radius 3 is 2.64 bits per heavy atom. The van der Waals surface area contributed by atoms with Crippen molar-refractivity contribution >= 4 is 26.7 Å². The van der Waals surface area contributed by atoms with Crippen LogP contribution in [0.4, 0.5) is 5.95 Å². The molecule has 0 radical (unpaired) electrons. The van der Waals surface area contributed by atoms with Crippen LogP contribution >= 0.6 is 0 Å². The second-order valence-corrected chi connectivity index (χ2v) is 12.0. The van der Waals surface area contributed by atoms with Crippen LogP contribution in [0.1, 0.15) is 29.5 Å². The van der Waals surface area contributed by atoms with Gasteiger partial charge >= 0.3 is 0 Å². The largest absolute Gasteiger partial charge is 0.471 e. The van der Waals surface area contributed by atoms with Crippen molar-refractivity contribution in [3.05, 3.63) is 53.6 Å². The number of benzene rings is 1. The number of nitrogens with two attached hydrogens (primary N) is 1. The number of ether oxygens (including phenoxy) is 1. The summed E-state index contributed by atoms with van der Waals surface area (Å²) in [5.41, 5.74) is 11.0. The lowest BCUT2D eigenvalue weighted by Gasteiger charge is -2.47. The number of aromatic amines is 1. The molecule has 0 unspecified atom stereocenters. The molecule has 2 aliphatic rings. The Labute approximate surface area is 208 Å². The summed E-state index contributed by atoms with van der Waals surface area (Å²) in [7, 11) is -2.91. The number of sulfone groups is 1. The maximum Gasteiger partial charge on any atom is 0.225 e. The van der Waals surface area contributed by atoms with E-state index in [0.29, 0.717) is 36.9 Å². The third-order valence-corrected chi connectivity index (χ3v) is 8.95. The third kappa shape index (κ3) is 3.95. The van der Waals surface area contributed by atoms with Gasteiger partial charge in [0.25, 0.3) is 0 Å². The van der Waals surface area contributed by atoms with Gasteiger partial charge in [0, 0.05) is 47.4 Å². The maximum atomic E-state index is 11.9. The van der Waals surface area contributed by atoms with Gasteiger partial charge in [-0.15, -0.1) is 0 Å². The molecule has 0 amide bonds. The van der Waals surface area contributed by atoms with E-state index < -0.39 is 16.1 Å². The first-order valence-electron chi connectivity index (χ1n) is 11.7. The van der Waals surface area contributed by atoms with Gasteiger partial charge in [-0.1, -0.05) is 0 Å². The molecule has 5 heterocycles. The fraction of sp³-hybridized carbons (Fsp3) is 0.375. The van der Waals surface area contributed by atoms with E-state index in [2.05, 4.69) is 30.4 Å². The lowest BCUT2D eigenvalue weighted by molar-refractivity contribution is 0.212. The summed E-state index contributed by atoms with van der Waals surface area (Å²) < 4.78 is 29.8. The number of hydrogen-bond donors (Lipinski definition) is 2. The Bertz CT molecular complexity index is 1540. The third-order valence-electron chi connectivity index (χ3n) is 7.07. The van der Waals surface area contributed by atoms with Crippen molar-refractivity contribution in [1.29, 1.82) is 0 Å². The van der Waals surface area contributed by atoms with Crippen molar-refractivity contribution in [2.24, 2.45) is 11.1 Å². The Hall–Kier alpha value is -3.64. The highest BCUT2D eigenvalue weighted by molar-refractivity contribution is 7.91. The van der Waals surface area contributed by atoms with Crippen LogP contribution in [0.25, 0.3) is 22.2 Å². The Morgan fingerprint density at radius 2 is 1.94 bits per heavy atom. The molecule has 0 aliphatic carbocycles. The van der Waals surface area contributed by atoms with E-state index in [9.17, 15) is 8.42 Å². The topological polar surface area (TPSA) is 153 Å². The van der Waals surface area contributed by atoms with Gasteiger partial charge in [-0.05, 0) is 44.0 Å². The van der Waals surface area contributed by atoms with Crippen LogP contribution in [0.2, 0.25) is 0 Å². The molecule has 36 heavy (non-hydrogen) atoms. The Kier molecular flexibility index (Phi) is 5.20. The smallest absolute Gasteiger partial charge is 0.225 e. The molecule has 11 nitrogen and oxygen atoms in total. The van der Waals surface area contributed by atoms with Crippen molar-refractivity contribution < 1.29 is 13.2 Å². The normalized spacial score (nSPS) is 18.9. The van der Waals surface area contributed by atoms with Gasteiger partial charge in [0.2, 0.25) is 5.95 Å². The molecule has 2 aliphatic heterocycles. The van der Waals surface area contributed by atoms with Gasteiger partial charge < -0.3 is 9.64 Å². The predicted molar refractivity (Wildman–Crippen MR) is 134 cm³/mol. The zero-order chi connectivity index (χ0) is 25.1. The van der Waals surface area contributed by atoms with E-state index >= 15 is 0 Å². The average molecular weight is 507 g/mol. The van der Waals surface area contributed by atoms with Crippen LogP contribution in [0.3, 0.4) is 0 Å². The second-order valence-electron chi connectivity index (χ2n) is 9.81. The minimum absolute atomic E-state index is 0.139. The molecule has 1 atom stereocenters. The quantitative estimate of drug-likeness (QED) is 0.385. The first-order chi connectivity index (χ1) is 17.2. The van der Waals surface area contributed by atoms with Crippen molar-refractivity contribution in [1.82, 2.24) is 30.4 Å². The predicted octanol–water partition coefficient (Wildman–Crippen LogP) is 2.09. The van der Waals surface area contributed by atoms with Crippen LogP contribution in [-0.2, 0) is 9.84 Å². The van der Waals surface area contributed by atoms with E-state index in [1.807, 2.05) is 36.9 Å². The number of nitrogens with zero attached hydrogens (tertiary/aromatic N) is 6. The van der Waals surface area contributed by atoms with E-state index in [4.69, 9.17) is 10.5 Å². The molecule has 3 aromatic heterocycles. The van der Waals surface area contributed by atoms with Gasteiger partial charge in [-0.25, -0.2) is 18.4 Å². The molecule has 2 saturated heterocycles. The summed E-state index contributed by atoms with van der Waals surface area (Å²) in [4.78, 5) is 11.1. The zero-order valence-corrected chi connectivity index (χ0v) is 20.8. The Balaban J connectivity index is 1.21. The average Bonchev–Trinajstić information content (AvgIpc) is 3.38. The fourth-order valence-corrected chi connectivity index (χ4v) is 7.43. The van der Waals surface area contributed by atoms with Gasteiger partial charge in [-0.2, -0.15) is 15.3 Å². The summed E-state index contributed by atoms with van der Waals surface area (Å²) >= 11 is 0. The van der Waals surface area contributed by atoms with Crippen molar-refractivity contribution in [3.8, 4) is 17.0 Å². The number of rotatable bonds is 5. The molecule has 1 spiro atoms. The second kappa shape index (κ2) is 8.20. The summed E-state index contributed by atoms with van der Waals surface area (Å²) in [6, 6.07) is 5.62. The lowest BCUT2D eigenvalue weighted by atomic mass is 9.80. The van der Waals surface area contributed by atoms with Crippen molar-refractivity contribution in [2.45, 2.75) is 26.5 Å². The molecular weight excluding hydrogens is 480 g/mol. The molecule has 6 rings (SSSR count). The van der Waals surface area contributed by atoms with Crippen molar-refractivity contribution in [3.63, 3.8) is 0 Å². The summed E-state index contributed by atoms with van der Waals surface area (Å²) in [6.07, 6.45) is 5.17. The minimum Gasteiger partial charge on any atom is -0.471 e. The van der Waals surface area contributed by atoms with E-state index in [0.717, 1.165) is 33.3 Å². The van der Waals surface area contributed by atoms with Gasteiger partial charge in [0.15, 0.2) is 16.1 Å². The standard InChI is InChI=1S/C24H26N8O3S/c1-14-8-28-29-15(2)20(14)22(25)35-17-3-4-19-18(7-17)21(31-30-19)16-9-26-23(27-10-16)32-11-24(12-32)5-6-36(33,34)13-24/h3-4,7-10,22H,5-6,11-13,25H2,1-2H3,(H,30,31)/t22-/m0/s1. The molecule has 0 saturated carbocycles. The summed E-state index contributed by atoms with van der Waals surface area (Å²) in [5.74, 6) is 1.74. The van der Waals surface area contributed by atoms with Crippen LogP contribution in [-0.4, -0.2) is 63.4 Å². The van der Waals surface area contributed by atoms with Gasteiger partial charge in [0.1, 0.15) is 11.4 Å². The number of aryl methyl sites for hydroxylation is 2. The monoisotopic (exact) mass is 506 g/mol. The van der Waals surface area contributed by atoms with Crippen molar-refractivity contribution in [2.75, 3.05) is 29.5 Å². The molecule has 2 fully saturated rings. The van der Waals surface area contributed by atoms with Crippen LogP contribution in [0.15, 0.2) is 36.8 Å². The van der Waals surface area contributed by atoms with Crippen LogP contribution in [0, 0.1) is 19.3 Å².